The van der Waals surface area contributed by atoms with Gasteiger partial charge in [0.15, 0.2) is 10.9 Å². The molecule has 2 aliphatic rings. The van der Waals surface area contributed by atoms with E-state index in [0.29, 0.717) is 17.3 Å². The number of aromatic amines is 1. The fourth-order valence-electron chi connectivity index (χ4n) is 3.78. The summed E-state index contributed by atoms with van der Waals surface area (Å²) in [5, 5.41) is 27.5. The second kappa shape index (κ2) is 8.67. The third kappa shape index (κ3) is 4.70. The summed E-state index contributed by atoms with van der Waals surface area (Å²) in [6.07, 6.45) is -0.183. The number of nitrogens with zero attached hydrogens (tertiary/aromatic N) is 2. The van der Waals surface area contributed by atoms with Crippen LogP contribution < -0.4 is 11.1 Å². The minimum Gasteiger partial charge on any atom is -0.450 e. The van der Waals surface area contributed by atoms with Gasteiger partial charge >= 0.3 is 12.3 Å². The summed E-state index contributed by atoms with van der Waals surface area (Å²) < 4.78 is 10.1. The van der Waals surface area contributed by atoms with Gasteiger partial charge in [-0.3, -0.25) is 9.89 Å². The van der Waals surface area contributed by atoms with Crippen LogP contribution in [0, 0.1) is 11.8 Å². The lowest BCUT2D eigenvalue weighted by Gasteiger charge is -2.33. The van der Waals surface area contributed by atoms with Crippen molar-refractivity contribution in [2.24, 2.45) is 17.6 Å². The fourth-order valence-corrected chi connectivity index (χ4v) is 5.58. The Labute approximate surface area is 173 Å². The van der Waals surface area contributed by atoms with Gasteiger partial charge < -0.3 is 30.7 Å². The van der Waals surface area contributed by atoms with E-state index in [1.165, 1.54) is 29.9 Å². The summed E-state index contributed by atoms with van der Waals surface area (Å²) in [6, 6.07) is -0.853. The average Bonchev–Trinajstić information content (AvgIpc) is 2.97. The first-order valence-corrected chi connectivity index (χ1v) is 10.9. The van der Waals surface area contributed by atoms with Crippen molar-refractivity contribution >= 4 is 41.7 Å². The maximum atomic E-state index is 12.6. The number of hydrogen-bond donors (Lipinski definition) is 5. The van der Waals surface area contributed by atoms with Crippen molar-refractivity contribution < 1.29 is 34.1 Å². The van der Waals surface area contributed by atoms with E-state index >= 15 is 0 Å². The molecule has 29 heavy (non-hydrogen) atoms. The van der Waals surface area contributed by atoms with Crippen molar-refractivity contribution in [3.63, 3.8) is 0 Å². The Kier molecular flexibility index (Phi) is 6.43. The van der Waals surface area contributed by atoms with Crippen molar-refractivity contribution in [2.75, 3.05) is 12.0 Å². The first-order chi connectivity index (χ1) is 13.8. The highest BCUT2D eigenvalue weighted by atomic mass is 32.2. The summed E-state index contributed by atoms with van der Waals surface area (Å²) in [6.45, 7) is 0. The molecule has 6 N–H and O–H groups in total. The van der Waals surface area contributed by atoms with Crippen LogP contribution >= 0.6 is 23.5 Å². The SMILES string of the molecule is CSCC[C@H](N)C(=O)N[C@]1(OC(=O)O)C[C@@H](Sc2ncn[nH]2)[C@H]2[C@H](OC(=O)O)[C@@H]21. The molecule has 0 radical (unpaired) electrons. The second-order valence-electron chi connectivity index (χ2n) is 6.74. The Morgan fingerprint density at radius 1 is 1.45 bits per heavy atom. The number of nitrogens with two attached hydrogens (primary N) is 1. The Morgan fingerprint density at radius 2 is 2.21 bits per heavy atom. The fraction of sp³-hybridized carbons (Fsp3) is 0.667. The maximum absolute atomic E-state index is 12.6. The summed E-state index contributed by atoms with van der Waals surface area (Å²) in [5.74, 6) is -0.928. The highest BCUT2D eigenvalue weighted by Crippen LogP contribution is 2.63. The van der Waals surface area contributed by atoms with Crippen LogP contribution in [0.15, 0.2) is 11.5 Å². The van der Waals surface area contributed by atoms with E-state index in [9.17, 15) is 19.5 Å². The Hall–Kier alpha value is -2.19. The molecule has 2 fully saturated rings. The van der Waals surface area contributed by atoms with Gasteiger partial charge in [0.25, 0.3) is 0 Å². The standard InChI is InChI=1S/C15H21N5O7S2/c1-28-3-2-6(16)11(21)19-15(27-14(24)25)4-7(29-12-17-5-18-20-12)8-9(15)10(8)26-13(22)23/h5-10H,2-4,16H2,1H3,(H,19,21)(H,22,23)(H,24,25)(H,17,18,20)/t6-,7+,8+,9+,10-,15-/m0/s1. The van der Waals surface area contributed by atoms with Gasteiger partial charge in [-0.05, 0) is 18.4 Å². The number of aromatic nitrogens is 3. The zero-order valence-electron chi connectivity index (χ0n) is 15.3. The van der Waals surface area contributed by atoms with Crippen LogP contribution in [0.5, 0.6) is 0 Å². The van der Waals surface area contributed by atoms with Crippen LogP contribution in [0.3, 0.4) is 0 Å². The van der Waals surface area contributed by atoms with Crippen LogP contribution in [0.4, 0.5) is 9.59 Å². The molecule has 1 heterocycles. The van der Waals surface area contributed by atoms with E-state index in [-0.39, 0.29) is 17.6 Å². The van der Waals surface area contributed by atoms with Gasteiger partial charge in [-0.15, -0.1) is 0 Å². The number of carbonyl (C=O) groups excluding carboxylic acids is 1. The maximum Gasteiger partial charge on any atom is 0.507 e. The van der Waals surface area contributed by atoms with E-state index in [0.717, 1.165) is 0 Å². The molecule has 0 aliphatic heterocycles. The number of thioether (sulfide) groups is 2. The first kappa shape index (κ1) is 21.5. The molecule has 0 unspecified atom stereocenters. The van der Waals surface area contributed by atoms with Gasteiger partial charge in [-0.25, -0.2) is 14.6 Å². The molecular formula is C15H21N5O7S2. The normalized spacial score (nSPS) is 30.8. The third-order valence-corrected chi connectivity index (χ3v) is 6.79. The number of carbonyl (C=O) groups is 3. The largest absolute Gasteiger partial charge is 0.507 e. The molecule has 0 saturated heterocycles. The van der Waals surface area contributed by atoms with Crippen molar-refractivity contribution in [3.8, 4) is 0 Å². The average molecular weight is 447 g/mol. The van der Waals surface area contributed by atoms with Gasteiger partial charge in [0, 0.05) is 17.6 Å². The van der Waals surface area contributed by atoms with Crippen LogP contribution in [0.2, 0.25) is 0 Å². The molecule has 1 amide bonds. The number of amides is 1. The Morgan fingerprint density at radius 3 is 2.79 bits per heavy atom. The van der Waals surface area contributed by atoms with Crippen LogP contribution in [0.1, 0.15) is 12.8 Å². The lowest BCUT2D eigenvalue weighted by atomic mass is 10.1. The lowest BCUT2D eigenvalue weighted by Crippen LogP contribution is -2.57. The van der Waals surface area contributed by atoms with Gasteiger partial charge in [0.05, 0.1) is 12.0 Å². The summed E-state index contributed by atoms with van der Waals surface area (Å²) in [4.78, 5) is 39.1. The number of hydrogen-bond acceptors (Lipinski definition) is 10. The van der Waals surface area contributed by atoms with Gasteiger partial charge in [-0.1, -0.05) is 11.8 Å². The zero-order chi connectivity index (χ0) is 21.2. The molecule has 0 spiro atoms. The number of ether oxygens (including phenoxy) is 2. The Balaban J connectivity index is 1.82. The highest BCUT2D eigenvalue weighted by molar-refractivity contribution is 7.99. The number of rotatable bonds is 9. The van der Waals surface area contributed by atoms with Crippen LogP contribution in [-0.2, 0) is 14.3 Å². The number of nitrogens with one attached hydrogen (secondary N) is 2. The topological polar surface area (TPSA) is 190 Å². The van der Waals surface area contributed by atoms with E-state index in [1.807, 2.05) is 6.26 Å². The molecule has 1 aromatic heterocycles. The molecule has 14 heteroatoms. The highest BCUT2D eigenvalue weighted by Gasteiger charge is 2.75. The molecule has 2 saturated carbocycles. The number of H-pyrrole nitrogens is 1. The second-order valence-corrected chi connectivity index (χ2v) is 8.95. The molecule has 0 aromatic carbocycles. The van der Waals surface area contributed by atoms with Gasteiger partial charge in [-0.2, -0.15) is 16.9 Å². The molecular weight excluding hydrogens is 426 g/mol. The lowest BCUT2D eigenvalue weighted by molar-refractivity contribution is -0.133. The monoisotopic (exact) mass is 447 g/mol. The predicted octanol–water partition coefficient (Wildman–Crippen LogP) is 0.566. The number of fused-ring (bicyclic) bond motifs is 1. The Bertz CT molecular complexity index is 766. The van der Waals surface area contributed by atoms with Crippen molar-refractivity contribution in [1.29, 1.82) is 0 Å². The summed E-state index contributed by atoms with van der Waals surface area (Å²) >= 11 is 2.78. The molecule has 0 bridgehead atoms. The smallest absolute Gasteiger partial charge is 0.450 e. The molecule has 2 aliphatic carbocycles. The number of carboxylic acid groups (broad SMARTS) is 2. The summed E-state index contributed by atoms with van der Waals surface area (Å²) in [5.41, 5.74) is 4.27. The van der Waals surface area contributed by atoms with Crippen molar-refractivity contribution in [2.45, 2.75) is 41.1 Å². The molecule has 12 nitrogen and oxygen atoms in total. The first-order valence-electron chi connectivity index (χ1n) is 8.67. The molecule has 1 aromatic rings. The third-order valence-electron chi connectivity index (χ3n) is 4.95. The minimum atomic E-state index is -1.64. The molecule has 6 atom stereocenters. The predicted molar refractivity (Wildman–Crippen MR) is 101 cm³/mol. The van der Waals surface area contributed by atoms with Gasteiger partial charge in [0.2, 0.25) is 5.91 Å². The van der Waals surface area contributed by atoms with Gasteiger partial charge in [0.1, 0.15) is 12.4 Å². The van der Waals surface area contributed by atoms with Crippen LogP contribution in [0.25, 0.3) is 0 Å². The molecule has 160 valence electrons. The molecule has 3 rings (SSSR count). The quantitative estimate of drug-likeness (QED) is 0.262. The minimum absolute atomic E-state index is 0.112. The van der Waals surface area contributed by atoms with Crippen molar-refractivity contribution in [1.82, 2.24) is 20.5 Å². The van der Waals surface area contributed by atoms with Crippen molar-refractivity contribution in [3.05, 3.63) is 6.33 Å². The van der Waals surface area contributed by atoms with Crippen LogP contribution in [-0.4, -0.2) is 78.7 Å². The summed E-state index contributed by atoms with van der Waals surface area (Å²) in [7, 11) is 0. The van der Waals surface area contributed by atoms with E-state index in [2.05, 4.69) is 20.5 Å². The van der Waals surface area contributed by atoms with E-state index in [4.69, 9.17) is 20.3 Å². The van der Waals surface area contributed by atoms with E-state index < -0.39 is 42.0 Å². The zero-order valence-corrected chi connectivity index (χ0v) is 16.9. The van der Waals surface area contributed by atoms with E-state index in [1.54, 1.807) is 0 Å².